The van der Waals surface area contributed by atoms with Gasteiger partial charge in [0.1, 0.15) is 11.5 Å². The van der Waals surface area contributed by atoms with Gasteiger partial charge in [-0.2, -0.15) is 0 Å². The van der Waals surface area contributed by atoms with Gasteiger partial charge >= 0.3 is 0 Å². The first-order valence-corrected chi connectivity index (χ1v) is 12.2. The molecule has 3 N–H and O–H groups in total. The summed E-state index contributed by atoms with van der Waals surface area (Å²) in [6, 6.07) is 17.5. The number of anilines is 1. The third-order valence-corrected chi connectivity index (χ3v) is 6.52. The Hall–Kier alpha value is -4.05. The summed E-state index contributed by atoms with van der Waals surface area (Å²) in [7, 11) is -2.43. The zero-order valence-corrected chi connectivity index (χ0v) is 20.4. The van der Waals surface area contributed by atoms with Crippen LogP contribution in [0.25, 0.3) is 0 Å². The molecule has 184 valence electrons. The second-order valence-electron chi connectivity index (χ2n) is 7.71. The molecule has 0 fully saturated rings. The Morgan fingerprint density at radius 2 is 1.57 bits per heavy atom. The SMILES string of the molecule is COc1ccc(NS(=O)(=O)c2cccc(C(=O)NNC(=O)CCOc3ccc(C)c(C)c3)c2)cc1. The molecule has 0 atom stereocenters. The highest BCUT2D eigenvalue weighted by atomic mass is 32.2. The number of carbonyl (C=O) groups is 2. The predicted octanol–water partition coefficient (Wildman–Crippen LogP) is 3.34. The van der Waals surface area contributed by atoms with E-state index in [1.807, 2.05) is 32.0 Å². The van der Waals surface area contributed by atoms with Crippen LogP contribution in [-0.4, -0.2) is 33.9 Å². The summed E-state index contributed by atoms with van der Waals surface area (Å²) in [5.41, 5.74) is 7.22. The molecule has 3 rings (SSSR count). The van der Waals surface area contributed by atoms with E-state index in [9.17, 15) is 18.0 Å². The van der Waals surface area contributed by atoms with E-state index in [-0.39, 0.29) is 23.5 Å². The van der Waals surface area contributed by atoms with Crippen molar-refractivity contribution in [1.82, 2.24) is 10.9 Å². The molecule has 9 nitrogen and oxygen atoms in total. The second kappa shape index (κ2) is 11.4. The fourth-order valence-corrected chi connectivity index (χ4v) is 4.11. The van der Waals surface area contributed by atoms with Crippen molar-refractivity contribution in [3.8, 4) is 11.5 Å². The molecule has 35 heavy (non-hydrogen) atoms. The zero-order valence-electron chi connectivity index (χ0n) is 19.6. The number of carbonyl (C=O) groups excluding carboxylic acids is 2. The van der Waals surface area contributed by atoms with Crippen molar-refractivity contribution in [2.75, 3.05) is 18.4 Å². The summed E-state index contributed by atoms with van der Waals surface area (Å²) < 4.78 is 38.5. The van der Waals surface area contributed by atoms with Crippen LogP contribution in [0.1, 0.15) is 27.9 Å². The molecule has 2 amide bonds. The number of nitrogens with one attached hydrogen (secondary N) is 3. The Morgan fingerprint density at radius 3 is 2.26 bits per heavy atom. The molecule has 0 heterocycles. The van der Waals surface area contributed by atoms with Crippen LogP contribution >= 0.6 is 0 Å². The molecule has 0 radical (unpaired) electrons. The maximum absolute atomic E-state index is 12.7. The van der Waals surface area contributed by atoms with E-state index in [1.54, 1.807) is 24.3 Å². The van der Waals surface area contributed by atoms with Crippen molar-refractivity contribution in [2.24, 2.45) is 0 Å². The molecule has 0 unspecified atom stereocenters. The first-order chi connectivity index (χ1) is 16.7. The maximum Gasteiger partial charge on any atom is 0.269 e. The minimum absolute atomic E-state index is 0.0212. The molecule has 3 aromatic rings. The fourth-order valence-electron chi connectivity index (χ4n) is 3.00. The Kier molecular flexibility index (Phi) is 8.32. The predicted molar refractivity (Wildman–Crippen MR) is 132 cm³/mol. The van der Waals surface area contributed by atoms with Crippen molar-refractivity contribution in [1.29, 1.82) is 0 Å². The minimum Gasteiger partial charge on any atom is -0.497 e. The van der Waals surface area contributed by atoms with Crippen LogP contribution in [0.4, 0.5) is 5.69 Å². The van der Waals surface area contributed by atoms with Crippen molar-refractivity contribution in [3.05, 3.63) is 83.4 Å². The lowest BCUT2D eigenvalue weighted by Crippen LogP contribution is -2.42. The Labute approximate surface area is 204 Å². The Balaban J connectivity index is 1.52. The smallest absolute Gasteiger partial charge is 0.269 e. The average molecular weight is 498 g/mol. The minimum atomic E-state index is -3.94. The normalized spacial score (nSPS) is 10.8. The summed E-state index contributed by atoms with van der Waals surface area (Å²) in [5.74, 6) is 0.138. The summed E-state index contributed by atoms with van der Waals surface area (Å²) in [6.07, 6.45) is 0.0212. The van der Waals surface area contributed by atoms with Gasteiger partial charge in [0.2, 0.25) is 5.91 Å². The fraction of sp³-hybridized carbons (Fsp3) is 0.200. The van der Waals surface area contributed by atoms with E-state index in [4.69, 9.17) is 9.47 Å². The van der Waals surface area contributed by atoms with Crippen LogP contribution in [0.15, 0.2) is 71.6 Å². The van der Waals surface area contributed by atoms with E-state index in [0.717, 1.165) is 11.1 Å². The molecular formula is C25H27N3O6S. The van der Waals surface area contributed by atoms with Gasteiger partial charge in [0, 0.05) is 11.3 Å². The number of aryl methyl sites for hydroxylation is 2. The number of ether oxygens (including phenoxy) is 2. The lowest BCUT2D eigenvalue weighted by atomic mass is 10.1. The Morgan fingerprint density at radius 1 is 0.857 bits per heavy atom. The number of benzene rings is 3. The Bertz CT molecular complexity index is 1310. The number of rotatable bonds is 9. The van der Waals surface area contributed by atoms with Gasteiger partial charge in [-0.15, -0.1) is 0 Å². The molecule has 0 spiro atoms. The van der Waals surface area contributed by atoms with Gasteiger partial charge in [0.25, 0.3) is 15.9 Å². The van der Waals surface area contributed by atoms with E-state index in [0.29, 0.717) is 17.2 Å². The largest absolute Gasteiger partial charge is 0.497 e. The highest BCUT2D eigenvalue weighted by molar-refractivity contribution is 7.92. The van der Waals surface area contributed by atoms with Gasteiger partial charge in [-0.3, -0.25) is 25.2 Å². The first-order valence-electron chi connectivity index (χ1n) is 10.7. The van der Waals surface area contributed by atoms with E-state index in [2.05, 4.69) is 15.6 Å². The lowest BCUT2D eigenvalue weighted by Gasteiger charge is -2.11. The van der Waals surface area contributed by atoms with Crippen LogP contribution in [0.5, 0.6) is 11.5 Å². The van der Waals surface area contributed by atoms with Crippen LogP contribution in [0.3, 0.4) is 0 Å². The third kappa shape index (κ3) is 7.21. The molecule has 0 bridgehead atoms. The van der Waals surface area contributed by atoms with Crippen LogP contribution in [-0.2, 0) is 14.8 Å². The van der Waals surface area contributed by atoms with E-state index < -0.39 is 21.8 Å². The molecule has 0 saturated heterocycles. The van der Waals surface area contributed by atoms with Crippen LogP contribution in [0, 0.1) is 13.8 Å². The van der Waals surface area contributed by atoms with Crippen molar-refractivity contribution >= 4 is 27.5 Å². The van der Waals surface area contributed by atoms with Crippen LogP contribution < -0.4 is 25.0 Å². The topological polar surface area (TPSA) is 123 Å². The molecule has 0 saturated carbocycles. The van der Waals surface area contributed by atoms with Gasteiger partial charge < -0.3 is 9.47 Å². The van der Waals surface area contributed by atoms with E-state index in [1.165, 1.54) is 31.4 Å². The number of sulfonamides is 1. The van der Waals surface area contributed by atoms with Gasteiger partial charge in [-0.1, -0.05) is 12.1 Å². The number of hydrogen-bond donors (Lipinski definition) is 3. The third-order valence-electron chi connectivity index (χ3n) is 5.14. The summed E-state index contributed by atoms with van der Waals surface area (Å²) in [6.45, 7) is 4.10. The number of hydrazine groups is 1. The quantitative estimate of drug-likeness (QED) is 0.390. The average Bonchev–Trinajstić information content (AvgIpc) is 2.85. The molecular weight excluding hydrogens is 470 g/mol. The van der Waals surface area contributed by atoms with Gasteiger partial charge in [-0.25, -0.2) is 8.42 Å². The molecule has 0 aliphatic heterocycles. The summed E-state index contributed by atoms with van der Waals surface area (Å²) in [5, 5.41) is 0. The molecule has 3 aromatic carbocycles. The van der Waals surface area contributed by atoms with Gasteiger partial charge in [0.15, 0.2) is 0 Å². The number of amides is 2. The van der Waals surface area contributed by atoms with Crippen LogP contribution in [0.2, 0.25) is 0 Å². The second-order valence-corrected chi connectivity index (χ2v) is 9.39. The highest BCUT2D eigenvalue weighted by Crippen LogP contribution is 2.20. The standard InChI is InChI=1S/C25H27N3O6S/c1-17-7-10-22(15-18(17)2)34-14-13-24(29)26-27-25(30)19-5-4-6-23(16-19)35(31,32)28-20-8-11-21(33-3)12-9-20/h4-12,15-16,28H,13-14H2,1-3H3,(H,26,29)(H,27,30). The molecule has 10 heteroatoms. The monoisotopic (exact) mass is 497 g/mol. The zero-order chi connectivity index (χ0) is 25.4. The molecule has 0 aromatic heterocycles. The summed E-state index contributed by atoms with van der Waals surface area (Å²) >= 11 is 0. The van der Waals surface area contributed by atoms with Crippen molar-refractivity contribution in [2.45, 2.75) is 25.2 Å². The van der Waals surface area contributed by atoms with Gasteiger partial charge in [0.05, 0.1) is 25.0 Å². The van der Waals surface area contributed by atoms with E-state index >= 15 is 0 Å². The summed E-state index contributed by atoms with van der Waals surface area (Å²) in [4.78, 5) is 24.4. The highest BCUT2D eigenvalue weighted by Gasteiger charge is 2.17. The molecule has 0 aliphatic carbocycles. The maximum atomic E-state index is 12.7. The van der Waals surface area contributed by atoms with Crippen molar-refractivity contribution < 1.29 is 27.5 Å². The first kappa shape index (κ1) is 25.6. The van der Waals surface area contributed by atoms with Gasteiger partial charge in [-0.05, 0) is 79.6 Å². The van der Waals surface area contributed by atoms with Crippen molar-refractivity contribution in [3.63, 3.8) is 0 Å². The lowest BCUT2D eigenvalue weighted by molar-refractivity contribution is -0.122. The number of methoxy groups -OCH3 is 1. The molecule has 0 aliphatic rings. The number of hydrogen-bond acceptors (Lipinski definition) is 6.